The molecule has 3 unspecified atom stereocenters. The summed E-state index contributed by atoms with van der Waals surface area (Å²) < 4.78 is 22.9. The first-order valence-electron chi connectivity index (χ1n) is 7.61. The van der Waals surface area contributed by atoms with Gasteiger partial charge in [-0.05, 0) is 49.9 Å². The van der Waals surface area contributed by atoms with Crippen LogP contribution in [0.4, 0.5) is 0 Å². The van der Waals surface area contributed by atoms with Crippen molar-refractivity contribution in [2.75, 3.05) is 12.8 Å². The zero-order valence-corrected chi connectivity index (χ0v) is 14.1. The van der Waals surface area contributed by atoms with Crippen molar-refractivity contribution in [2.45, 2.75) is 43.7 Å². The van der Waals surface area contributed by atoms with Gasteiger partial charge in [0.2, 0.25) is 5.91 Å². The first-order chi connectivity index (χ1) is 10.3. The van der Waals surface area contributed by atoms with Crippen molar-refractivity contribution in [1.82, 2.24) is 10.6 Å². The number of hydrogen-bond donors (Lipinski definition) is 2. The molecule has 0 aliphatic carbocycles. The third-order valence-electron chi connectivity index (χ3n) is 4.15. The van der Waals surface area contributed by atoms with Crippen molar-refractivity contribution in [3.63, 3.8) is 0 Å². The van der Waals surface area contributed by atoms with Crippen molar-refractivity contribution >= 4 is 15.7 Å². The molecule has 22 heavy (non-hydrogen) atoms. The summed E-state index contributed by atoms with van der Waals surface area (Å²) >= 11 is 0. The predicted molar refractivity (Wildman–Crippen MR) is 86.3 cm³/mol. The molecule has 1 amide bonds. The maximum absolute atomic E-state index is 12.3. The highest BCUT2D eigenvalue weighted by molar-refractivity contribution is 7.90. The summed E-state index contributed by atoms with van der Waals surface area (Å²) in [5.41, 5.74) is 0.893. The fraction of sp³-hybridized carbons (Fsp3) is 0.562. The summed E-state index contributed by atoms with van der Waals surface area (Å²) in [4.78, 5) is 12.6. The van der Waals surface area contributed by atoms with E-state index in [9.17, 15) is 13.2 Å². The van der Waals surface area contributed by atoms with E-state index in [-0.39, 0.29) is 22.9 Å². The lowest BCUT2D eigenvalue weighted by Gasteiger charge is -2.28. The van der Waals surface area contributed by atoms with Crippen LogP contribution in [0.25, 0.3) is 0 Å². The summed E-state index contributed by atoms with van der Waals surface area (Å²) in [7, 11) is -3.19. The molecule has 122 valence electrons. The lowest BCUT2D eigenvalue weighted by atomic mass is 9.93. The van der Waals surface area contributed by atoms with Crippen LogP contribution in [0.15, 0.2) is 29.2 Å². The maximum Gasteiger partial charge on any atom is 0.237 e. The summed E-state index contributed by atoms with van der Waals surface area (Å²) in [5, 5.41) is 6.24. The molecule has 1 aliphatic heterocycles. The maximum atomic E-state index is 12.3. The second kappa shape index (κ2) is 6.79. The molecule has 2 rings (SSSR count). The van der Waals surface area contributed by atoms with Gasteiger partial charge in [-0.1, -0.05) is 19.1 Å². The zero-order chi connectivity index (χ0) is 16.3. The van der Waals surface area contributed by atoms with Crippen LogP contribution < -0.4 is 10.6 Å². The van der Waals surface area contributed by atoms with Gasteiger partial charge in [-0.25, -0.2) is 8.42 Å². The molecule has 6 heteroatoms. The molecule has 2 N–H and O–H groups in total. The van der Waals surface area contributed by atoms with Crippen molar-refractivity contribution in [3.8, 4) is 0 Å². The van der Waals surface area contributed by atoms with Gasteiger partial charge < -0.3 is 10.6 Å². The van der Waals surface area contributed by atoms with Crippen LogP contribution in [-0.2, 0) is 14.6 Å². The molecule has 1 saturated heterocycles. The van der Waals surface area contributed by atoms with Crippen LogP contribution in [0.1, 0.15) is 38.3 Å². The summed E-state index contributed by atoms with van der Waals surface area (Å²) in [6, 6.07) is 6.36. The van der Waals surface area contributed by atoms with E-state index < -0.39 is 9.84 Å². The van der Waals surface area contributed by atoms with Crippen LogP contribution in [0.2, 0.25) is 0 Å². The molecule has 0 saturated carbocycles. The van der Waals surface area contributed by atoms with Gasteiger partial charge in [0, 0.05) is 6.26 Å². The van der Waals surface area contributed by atoms with E-state index in [4.69, 9.17) is 0 Å². The monoisotopic (exact) mass is 324 g/mol. The molecule has 1 heterocycles. The minimum atomic E-state index is -3.19. The van der Waals surface area contributed by atoms with E-state index in [0.29, 0.717) is 5.92 Å². The van der Waals surface area contributed by atoms with Gasteiger partial charge in [0.05, 0.1) is 17.0 Å². The number of carbonyl (C=O) groups is 1. The van der Waals surface area contributed by atoms with E-state index in [1.165, 1.54) is 6.26 Å². The number of amides is 1. The largest absolute Gasteiger partial charge is 0.348 e. The second-order valence-corrected chi connectivity index (χ2v) is 8.22. The number of carbonyl (C=O) groups excluding carboxylic acids is 1. The second-order valence-electron chi connectivity index (χ2n) is 6.21. The predicted octanol–water partition coefficient (Wildman–Crippen LogP) is 1.66. The highest BCUT2D eigenvalue weighted by Gasteiger charge is 2.25. The Bertz CT molecular complexity index is 625. The summed E-state index contributed by atoms with van der Waals surface area (Å²) in [6.07, 6.45) is 3.14. The van der Waals surface area contributed by atoms with Gasteiger partial charge in [-0.2, -0.15) is 0 Å². The van der Waals surface area contributed by atoms with E-state index in [1.807, 2.05) is 6.92 Å². The summed E-state index contributed by atoms with van der Waals surface area (Å²) in [6.45, 7) is 4.94. The molecular formula is C16H24N2O3S. The van der Waals surface area contributed by atoms with Gasteiger partial charge in [0.15, 0.2) is 9.84 Å². The Kier molecular flexibility index (Phi) is 5.24. The van der Waals surface area contributed by atoms with Gasteiger partial charge in [0.1, 0.15) is 0 Å². The number of piperidine rings is 1. The zero-order valence-electron chi connectivity index (χ0n) is 13.3. The third kappa shape index (κ3) is 4.30. The van der Waals surface area contributed by atoms with E-state index >= 15 is 0 Å². The highest BCUT2D eigenvalue weighted by Crippen LogP contribution is 2.18. The number of hydrogen-bond acceptors (Lipinski definition) is 4. The number of nitrogens with one attached hydrogen (secondary N) is 2. The lowest BCUT2D eigenvalue weighted by molar-refractivity contribution is -0.124. The normalized spacial score (nSPS) is 23.8. The standard InChI is InChI=1S/C16H24N2O3S/c1-11-8-9-17-15(10-11)16(19)18-12(2)13-4-6-14(7-5-13)22(3,20)21/h4-7,11-12,15,17H,8-10H2,1-3H3,(H,18,19). The number of rotatable bonds is 4. The van der Waals surface area contributed by atoms with Gasteiger partial charge in [0.25, 0.3) is 0 Å². The molecule has 1 aromatic carbocycles. The Morgan fingerprint density at radius 1 is 1.32 bits per heavy atom. The molecule has 0 radical (unpaired) electrons. The van der Waals surface area contributed by atoms with E-state index in [1.54, 1.807) is 24.3 Å². The quantitative estimate of drug-likeness (QED) is 0.883. The SMILES string of the molecule is CC1CCNC(C(=O)NC(C)c2ccc(S(C)(=O)=O)cc2)C1. The van der Waals surface area contributed by atoms with Gasteiger partial charge >= 0.3 is 0 Å². The molecule has 1 aromatic rings. The van der Waals surface area contributed by atoms with Crippen LogP contribution in [0.3, 0.4) is 0 Å². The Hall–Kier alpha value is -1.40. The van der Waals surface area contributed by atoms with Crippen LogP contribution in [0, 0.1) is 5.92 Å². The topological polar surface area (TPSA) is 75.3 Å². The fourth-order valence-electron chi connectivity index (χ4n) is 2.71. The number of benzene rings is 1. The van der Waals surface area contributed by atoms with E-state index in [2.05, 4.69) is 17.6 Å². The highest BCUT2D eigenvalue weighted by atomic mass is 32.2. The van der Waals surface area contributed by atoms with Gasteiger partial charge in [-0.15, -0.1) is 0 Å². The molecule has 0 spiro atoms. The summed E-state index contributed by atoms with van der Waals surface area (Å²) in [5.74, 6) is 0.563. The van der Waals surface area contributed by atoms with Crippen molar-refractivity contribution < 1.29 is 13.2 Å². The third-order valence-corrected chi connectivity index (χ3v) is 5.28. The Morgan fingerprint density at radius 2 is 1.95 bits per heavy atom. The first-order valence-corrected chi connectivity index (χ1v) is 9.50. The molecule has 1 aliphatic rings. The van der Waals surface area contributed by atoms with Crippen molar-refractivity contribution in [3.05, 3.63) is 29.8 Å². The van der Waals surface area contributed by atoms with Crippen LogP contribution in [0.5, 0.6) is 0 Å². The Morgan fingerprint density at radius 3 is 2.50 bits per heavy atom. The first kappa shape index (κ1) is 17.0. The molecular weight excluding hydrogens is 300 g/mol. The average Bonchev–Trinajstić information content (AvgIpc) is 2.46. The van der Waals surface area contributed by atoms with Crippen LogP contribution in [-0.4, -0.2) is 33.2 Å². The molecule has 0 bridgehead atoms. The molecule has 5 nitrogen and oxygen atoms in total. The molecule has 0 aromatic heterocycles. The number of sulfone groups is 1. The van der Waals surface area contributed by atoms with Crippen molar-refractivity contribution in [1.29, 1.82) is 0 Å². The minimum absolute atomic E-state index is 0.00578. The van der Waals surface area contributed by atoms with Crippen molar-refractivity contribution in [2.24, 2.45) is 5.92 Å². The Labute approximate surface area is 132 Å². The van der Waals surface area contributed by atoms with E-state index in [0.717, 1.165) is 24.9 Å². The van der Waals surface area contributed by atoms with Gasteiger partial charge in [-0.3, -0.25) is 4.79 Å². The molecule has 1 fully saturated rings. The smallest absolute Gasteiger partial charge is 0.237 e. The Balaban J connectivity index is 1.99. The fourth-order valence-corrected chi connectivity index (χ4v) is 3.34. The van der Waals surface area contributed by atoms with Crippen LogP contribution >= 0.6 is 0 Å². The average molecular weight is 324 g/mol. The molecule has 3 atom stereocenters. The minimum Gasteiger partial charge on any atom is -0.348 e. The lowest BCUT2D eigenvalue weighted by Crippen LogP contribution is -2.48.